The molecule has 4 rings (SSSR count). The molecule has 2 aromatic rings. The van der Waals surface area contributed by atoms with E-state index in [0.717, 1.165) is 19.3 Å². The summed E-state index contributed by atoms with van der Waals surface area (Å²) >= 11 is 0. The summed E-state index contributed by atoms with van der Waals surface area (Å²) < 4.78 is 12.8. The molecule has 4 N–H and O–H groups in total. The number of hydrogen-bond donors (Lipinski definition) is 4. The van der Waals surface area contributed by atoms with E-state index in [1.807, 2.05) is 0 Å². The molecular formula is C15H21N5O5. The second-order valence-corrected chi connectivity index (χ2v) is 6.35. The zero-order chi connectivity index (χ0) is 17.4. The van der Waals surface area contributed by atoms with E-state index in [-0.39, 0.29) is 23.9 Å². The van der Waals surface area contributed by atoms with Crippen LogP contribution in [0.3, 0.4) is 0 Å². The Kier molecular flexibility index (Phi) is 4.42. The minimum atomic E-state index is -0.775. The summed E-state index contributed by atoms with van der Waals surface area (Å²) in [5.41, 5.74) is 0.192. The van der Waals surface area contributed by atoms with Crippen molar-refractivity contribution in [3.05, 3.63) is 16.7 Å². The average molecular weight is 351 g/mol. The Morgan fingerprint density at radius 3 is 3.04 bits per heavy atom. The fourth-order valence-corrected chi connectivity index (χ4v) is 3.26. The van der Waals surface area contributed by atoms with Gasteiger partial charge in [-0.2, -0.15) is 4.98 Å². The molecule has 0 amide bonds. The first-order valence-corrected chi connectivity index (χ1v) is 8.45. The number of hydrogen-bond acceptors (Lipinski definition) is 8. The molecule has 2 aliphatic heterocycles. The highest BCUT2D eigenvalue weighted by Crippen LogP contribution is 2.30. The summed E-state index contributed by atoms with van der Waals surface area (Å²) in [6.45, 7) is 0.405. The van der Waals surface area contributed by atoms with E-state index in [1.165, 1.54) is 6.33 Å². The molecule has 0 saturated carbocycles. The maximum atomic E-state index is 12.3. The number of anilines is 1. The fourth-order valence-electron chi connectivity index (χ4n) is 3.26. The molecule has 4 atom stereocenters. The first kappa shape index (κ1) is 16.5. The summed E-state index contributed by atoms with van der Waals surface area (Å²) in [4.78, 5) is 23.5. The predicted octanol–water partition coefficient (Wildman–Crippen LogP) is -0.301. The quantitative estimate of drug-likeness (QED) is 0.590. The summed E-state index contributed by atoms with van der Waals surface area (Å²) in [7, 11) is 0. The van der Waals surface area contributed by atoms with E-state index in [4.69, 9.17) is 9.47 Å². The Labute approximate surface area is 142 Å². The zero-order valence-electron chi connectivity index (χ0n) is 13.6. The van der Waals surface area contributed by atoms with E-state index in [2.05, 4.69) is 20.3 Å². The van der Waals surface area contributed by atoms with Crippen LogP contribution in [0.25, 0.3) is 11.2 Å². The van der Waals surface area contributed by atoms with Crippen LogP contribution in [0.15, 0.2) is 11.1 Å². The number of aliphatic hydroxyl groups is 2. The van der Waals surface area contributed by atoms with Crippen LogP contribution < -0.4 is 10.9 Å². The van der Waals surface area contributed by atoms with Crippen LogP contribution in [0.2, 0.25) is 0 Å². The van der Waals surface area contributed by atoms with Crippen molar-refractivity contribution >= 4 is 17.1 Å². The number of fused-ring (bicyclic) bond motifs is 1. The van der Waals surface area contributed by atoms with Gasteiger partial charge in [-0.25, -0.2) is 4.98 Å². The molecule has 2 aromatic heterocycles. The molecule has 0 radical (unpaired) electrons. The molecule has 2 fully saturated rings. The molecule has 0 spiro atoms. The predicted molar refractivity (Wildman–Crippen MR) is 87.0 cm³/mol. The normalized spacial score (nSPS) is 30.0. The fraction of sp³-hybridized carbons (Fsp3) is 0.667. The van der Waals surface area contributed by atoms with Gasteiger partial charge in [-0.1, -0.05) is 0 Å². The van der Waals surface area contributed by atoms with E-state index < -0.39 is 18.4 Å². The van der Waals surface area contributed by atoms with Crippen molar-refractivity contribution in [2.75, 3.05) is 18.5 Å². The molecule has 0 bridgehead atoms. The third-order valence-corrected chi connectivity index (χ3v) is 4.60. The number of rotatable bonds is 4. The van der Waals surface area contributed by atoms with Crippen LogP contribution in [-0.2, 0) is 9.47 Å². The molecule has 1 unspecified atom stereocenters. The maximum absolute atomic E-state index is 12.3. The first-order valence-electron chi connectivity index (χ1n) is 8.45. The molecule has 25 heavy (non-hydrogen) atoms. The summed E-state index contributed by atoms with van der Waals surface area (Å²) in [5, 5.41) is 22.2. The summed E-state index contributed by atoms with van der Waals surface area (Å²) in [6, 6.07) is 0. The lowest BCUT2D eigenvalue weighted by Gasteiger charge is -2.23. The van der Waals surface area contributed by atoms with E-state index in [0.29, 0.717) is 24.6 Å². The monoisotopic (exact) mass is 351 g/mol. The smallest absolute Gasteiger partial charge is 0.280 e. The molecule has 0 aliphatic carbocycles. The van der Waals surface area contributed by atoms with Crippen molar-refractivity contribution in [3.8, 4) is 0 Å². The largest absolute Gasteiger partial charge is 0.394 e. The highest BCUT2D eigenvalue weighted by Gasteiger charge is 2.35. The molecule has 4 heterocycles. The van der Waals surface area contributed by atoms with E-state index in [9.17, 15) is 15.0 Å². The lowest BCUT2D eigenvalue weighted by molar-refractivity contribution is -0.0432. The maximum Gasteiger partial charge on any atom is 0.280 e. The van der Waals surface area contributed by atoms with E-state index >= 15 is 0 Å². The van der Waals surface area contributed by atoms with Gasteiger partial charge in [0.2, 0.25) is 5.95 Å². The van der Waals surface area contributed by atoms with Gasteiger partial charge in [0.25, 0.3) is 5.56 Å². The number of aliphatic hydroxyl groups excluding tert-OH is 2. The first-order chi connectivity index (χ1) is 12.2. The lowest BCUT2D eigenvalue weighted by atomic mass is 10.2. The highest BCUT2D eigenvalue weighted by atomic mass is 16.5. The number of nitrogens with one attached hydrogen (secondary N) is 2. The third-order valence-electron chi connectivity index (χ3n) is 4.60. The lowest BCUT2D eigenvalue weighted by Crippen LogP contribution is -2.29. The summed E-state index contributed by atoms with van der Waals surface area (Å²) in [5.74, 6) is 0.309. The zero-order valence-corrected chi connectivity index (χ0v) is 13.6. The van der Waals surface area contributed by atoms with Crippen LogP contribution in [0.5, 0.6) is 0 Å². The number of H-pyrrole nitrogens is 1. The number of imidazole rings is 1. The molecule has 10 heteroatoms. The van der Waals surface area contributed by atoms with Crippen LogP contribution in [0, 0.1) is 0 Å². The van der Waals surface area contributed by atoms with Crippen molar-refractivity contribution in [3.63, 3.8) is 0 Å². The van der Waals surface area contributed by atoms with Gasteiger partial charge in [0.15, 0.2) is 11.2 Å². The minimum absolute atomic E-state index is 0.186. The third kappa shape index (κ3) is 3.13. The van der Waals surface area contributed by atoms with Gasteiger partial charge in [0.05, 0.1) is 19.0 Å². The van der Waals surface area contributed by atoms with Crippen LogP contribution in [0.4, 0.5) is 5.95 Å². The Hall–Kier alpha value is -2.01. The van der Waals surface area contributed by atoms with Crippen LogP contribution in [-0.4, -0.2) is 61.4 Å². The number of aromatic amines is 1. The number of nitrogens with zero attached hydrogens (tertiary/aromatic N) is 3. The molecule has 0 aromatic carbocycles. The van der Waals surface area contributed by atoms with Crippen LogP contribution >= 0.6 is 0 Å². The van der Waals surface area contributed by atoms with Crippen molar-refractivity contribution in [1.29, 1.82) is 0 Å². The van der Waals surface area contributed by atoms with Gasteiger partial charge in [0, 0.05) is 13.0 Å². The van der Waals surface area contributed by atoms with Gasteiger partial charge in [-0.05, 0) is 19.3 Å². The molecule has 10 nitrogen and oxygen atoms in total. The number of aromatic nitrogens is 4. The second-order valence-electron chi connectivity index (χ2n) is 6.35. The topological polar surface area (TPSA) is 135 Å². The van der Waals surface area contributed by atoms with Gasteiger partial charge >= 0.3 is 0 Å². The Balaban J connectivity index is 1.64. The Bertz CT molecular complexity index is 799. The van der Waals surface area contributed by atoms with Gasteiger partial charge in [-0.3, -0.25) is 14.3 Å². The van der Waals surface area contributed by atoms with Gasteiger partial charge < -0.3 is 25.0 Å². The number of ether oxygens (including phenoxy) is 2. The van der Waals surface area contributed by atoms with Gasteiger partial charge in [-0.15, -0.1) is 0 Å². The SMILES string of the molecule is O=c1[nH]c(NC2CCCCO2)nc2c1ncn2[C@H]1C[C@H](O)[C@@H](CO)O1. The molecule has 2 aliphatic rings. The van der Waals surface area contributed by atoms with E-state index in [1.54, 1.807) is 4.57 Å². The Morgan fingerprint density at radius 1 is 1.44 bits per heavy atom. The minimum Gasteiger partial charge on any atom is -0.394 e. The van der Waals surface area contributed by atoms with Crippen molar-refractivity contribution in [2.24, 2.45) is 0 Å². The molecule has 2 saturated heterocycles. The Morgan fingerprint density at radius 2 is 2.32 bits per heavy atom. The van der Waals surface area contributed by atoms with Crippen molar-refractivity contribution in [1.82, 2.24) is 19.5 Å². The average Bonchev–Trinajstić information content (AvgIpc) is 3.19. The standard InChI is InChI=1S/C15H21N5O5/c21-6-9-8(22)5-11(25-9)20-7-16-12-13(20)18-15(19-14(12)23)17-10-3-1-2-4-24-10/h7-11,21-22H,1-6H2,(H2,17,18,19,23)/t8-,9+,10?,11+/m0/s1. The van der Waals surface area contributed by atoms with Crippen molar-refractivity contribution < 1.29 is 19.7 Å². The molecule has 136 valence electrons. The van der Waals surface area contributed by atoms with Gasteiger partial charge in [0.1, 0.15) is 18.6 Å². The second kappa shape index (κ2) is 6.71. The highest BCUT2D eigenvalue weighted by molar-refractivity contribution is 5.70. The summed E-state index contributed by atoms with van der Waals surface area (Å²) in [6.07, 6.45) is 2.53. The van der Waals surface area contributed by atoms with Crippen molar-refractivity contribution in [2.45, 2.75) is 50.3 Å². The molecular weight excluding hydrogens is 330 g/mol. The van der Waals surface area contributed by atoms with Crippen LogP contribution in [0.1, 0.15) is 31.9 Å².